The molecule has 158 valence electrons. The Labute approximate surface area is 179 Å². The third kappa shape index (κ3) is 3.68. The van der Waals surface area contributed by atoms with E-state index >= 15 is 0 Å². The van der Waals surface area contributed by atoms with Gasteiger partial charge in [-0.2, -0.15) is 5.10 Å². The lowest BCUT2D eigenvalue weighted by atomic mass is 10.1. The summed E-state index contributed by atoms with van der Waals surface area (Å²) >= 11 is 0. The summed E-state index contributed by atoms with van der Waals surface area (Å²) in [7, 11) is 0. The maximum Gasteiger partial charge on any atom is 0.254 e. The van der Waals surface area contributed by atoms with Crippen LogP contribution in [0.4, 0.5) is 0 Å². The molecule has 0 saturated carbocycles. The molecule has 1 atom stereocenters. The topological polar surface area (TPSA) is 81.2 Å². The maximum atomic E-state index is 12.8. The number of aromatic amines is 1. The van der Waals surface area contributed by atoms with Crippen molar-refractivity contribution in [3.05, 3.63) is 81.8 Å². The van der Waals surface area contributed by atoms with Crippen LogP contribution in [0, 0.1) is 6.92 Å². The number of nitrogens with zero attached hydrogens (tertiary/aromatic N) is 2. The average Bonchev–Trinajstić information content (AvgIpc) is 3.12. The highest BCUT2D eigenvalue weighted by molar-refractivity contribution is 5.80. The molecular weight excluding hydrogens is 392 g/mol. The van der Waals surface area contributed by atoms with Crippen molar-refractivity contribution in [1.29, 1.82) is 0 Å². The zero-order chi connectivity index (χ0) is 21.4. The first-order valence-corrected chi connectivity index (χ1v) is 10.4. The molecule has 2 aromatic heterocycles. The van der Waals surface area contributed by atoms with Gasteiger partial charge in [-0.05, 0) is 49.7 Å². The third-order valence-corrected chi connectivity index (χ3v) is 5.61. The number of ether oxygens (including phenoxy) is 2. The summed E-state index contributed by atoms with van der Waals surface area (Å²) in [5.74, 6) is 1.54. The fraction of sp³-hybridized carbons (Fsp3) is 0.250. The van der Waals surface area contributed by atoms with Gasteiger partial charge >= 0.3 is 0 Å². The van der Waals surface area contributed by atoms with Crippen LogP contribution in [0.5, 0.6) is 11.5 Å². The summed E-state index contributed by atoms with van der Waals surface area (Å²) < 4.78 is 13.0. The fourth-order valence-corrected chi connectivity index (χ4v) is 3.86. The molecule has 5 rings (SSSR count). The van der Waals surface area contributed by atoms with E-state index in [0.717, 1.165) is 33.8 Å². The number of hydrogen-bond donors (Lipinski definition) is 2. The molecule has 31 heavy (non-hydrogen) atoms. The number of H-pyrrole nitrogens is 1. The summed E-state index contributed by atoms with van der Waals surface area (Å²) in [6.07, 6.45) is 0. The molecule has 0 radical (unpaired) electrons. The second-order valence-electron chi connectivity index (χ2n) is 7.72. The minimum atomic E-state index is -0.119. The Kier molecular flexibility index (Phi) is 4.95. The summed E-state index contributed by atoms with van der Waals surface area (Å²) in [4.78, 5) is 15.8. The van der Waals surface area contributed by atoms with Gasteiger partial charge in [0.25, 0.3) is 5.56 Å². The predicted molar refractivity (Wildman–Crippen MR) is 119 cm³/mol. The number of benzene rings is 2. The highest BCUT2D eigenvalue weighted by Gasteiger charge is 2.16. The van der Waals surface area contributed by atoms with Gasteiger partial charge in [-0.1, -0.05) is 24.3 Å². The SMILES string of the molecule is Cc1nn(-c2ccccc2)c2[nH]c(=O)c(CNC(C)c3ccc4c(c3)OCCO4)cc12. The van der Waals surface area contributed by atoms with E-state index in [-0.39, 0.29) is 11.6 Å². The molecule has 0 aliphatic carbocycles. The fourth-order valence-electron chi connectivity index (χ4n) is 3.86. The van der Waals surface area contributed by atoms with Crippen molar-refractivity contribution in [2.24, 2.45) is 0 Å². The molecule has 0 saturated heterocycles. The van der Waals surface area contributed by atoms with Crippen molar-refractivity contribution in [2.75, 3.05) is 13.2 Å². The van der Waals surface area contributed by atoms with Crippen LogP contribution in [0.25, 0.3) is 16.7 Å². The Morgan fingerprint density at radius 2 is 1.87 bits per heavy atom. The molecule has 2 aromatic carbocycles. The molecule has 7 nitrogen and oxygen atoms in total. The third-order valence-electron chi connectivity index (χ3n) is 5.61. The van der Waals surface area contributed by atoms with E-state index in [2.05, 4.69) is 22.3 Å². The van der Waals surface area contributed by atoms with Crippen LogP contribution in [0.3, 0.4) is 0 Å². The quantitative estimate of drug-likeness (QED) is 0.519. The van der Waals surface area contributed by atoms with Gasteiger partial charge in [-0.3, -0.25) is 4.79 Å². The molecule has 3 heterocycles. The molecule has 4 aromatic rings. The summed E-state index contributed by atoms with van der Waals surface area (Å²) in [5.41, 5.74) is 4.12. The Hall–Kier alpha value is -3.58. The van der Waals surface area contributed by atoms with Gasteiger partial charge in [0.2, 0.25) is 0 Å². The van der Waals surface area contributed by atoms with Crippen LogP contribution in [-0.4, -0.2) is 28.0 Å². The maximum absolute atomic E-state index is 12.8. The highest BCUT2D eigenvalue weighted by Crippen LogP contribution is 2.32. The zero-order valence-electron chi connectivity index (χ0n) is 17.5. The molecule has 0 fully saturated rings. The Bertz CT molecular complexity index is 1290. The first-order chi connectivity index (χ1) is 15.1. The minimum absolute atomic E-state index is 0.0408. The van der Waals surface area contributed by atoms with E-state index in [1.54, 1.807) is 4.68 Å². The van der Waals surface area contributed by atoms with E-state index in [9.17, 15) is 4.79 Å². The van der Waals surface area contributed by atoms with Crippen molar-refractivity contribution < 1.29 is 9.47 Å². The van der Waals surface area contributed by atoms with E-state index in [0.29, 0.717) is 31.0 Å². The van der Waals surface area contributed by atoms with Crippen LogP contribution in [0.2, 0.25) is 0 Å². The van der Waals surface area contributed by atoms with Gasteiger partial charge in [0.05, 0.1) is 11.4 Å². The molecule has 2 N–H and O–H groups in total. The largest absolute Gasteiger partial charge is 0.486 e. The Morgan fingerprint density at radius 3 is 2.68 bits per heavy atom. The van der Waals surface area contributed by atoms with E-state index in [4.69, 9.17) is 9.47 Å². The number of para-hydroxylation sites is 1. The summed E-state index contributed by atoms with van der Waals surface area (Å²) in [6.45, 7) is 5.60. The van der Waals surface area contributed by atoms with Crippen LogP contribution in [0.15, 0.2) is 59.4 Å². The van der Waals surface area contributed by atoms with E-state index in [1.165, 1.54) is 0 Å². The molecule has 1 unspecified atom stereocenters. The van der Waals surface area contributed by atoms with Crippen LogP contribution < -0.4 is 20.3 Å². The predicted octanol–water partition coefficient (Wildman–Crippen LogP) is 3.64. The molecular formula is C24H24N4O3. The number of rotatable bonds is 5. The van der Waals surface area contributed by atoms with Gasteiger partial charge in [0.15, 0.2) is 11.5 Å². The average molecular weight is 416 g/mol. The number of aryl methyl sites for hydroxylation is 1. The van der Waals surface area contributed by atoms with Gasteiger partial charge in [-0.25, -0.2) is 4.68 Å². The summed E-state index contributed by atoms with van der Waals surface area (Å²) in [5, 5.41) is 9.01. The first-order valence-electron chi connectivity index (χ1n) is 10.4. The van der Waals surface area contributed by atoms with Gasteiger partial charge in [-0.15, -0.1) is 0 Å². The minimum Gasteiger partial charge on any atom is -0.486 e. The number of pyridine rings is 1. The van der Waals surface area contributed by atoms with E-state index in [1.807, 2.05) is 61.5 Å². The molecule has 0 bridgehead atoms. The Balaban J connectivity index is 1.39. The lowest BCUT2D eigenvalue weighted by Crippen LogP contribution is -2.24. The number of nitrogens with one attached hydrogen (secondary N) is 2. The van der Waals surface area contributed by atoms with Crippen molar-refractivity contribution in [3.8, 4) is 17.2 Å². The summed E-state index contributed by atoms with van der Waals surface area (Å²) in [6, 6.07) is 17.7. The second kappa shape index (κ2) is 7.92. The first kappa shape index (κ1) is 19.4. The van der Waals surface area contributed by atoms with Crippen LogP contribution >= 0.6 is 0 Å². The molecule has 1 aliphatic rings. The Morgan fingerprint density at radius 1 is 1.10 bits per heavy atom. The molecule has 0 amide bonds. The lowest BCUT2D eigenvalue weighted by molar-refractivity contribution is 0.171. The van der Waals surface area contributed by atoms with Crippen molar-refractivity contribution in [3.63, 3.8) is 0 Å². The molecule has 0 spiro atoms. The standard InChI is InChI=1S/C24H24N4O3/c1-15(17-8-9-21-22(13-17)31-11-10-30-21)25-14-18-12-20-16(2)27-28(23(20)26-24(18)29)19-6-4-3-5-7-19/h3-9,12-13,15,25H,10-11,14H2,1-2H3,(H,26,29). The van der Waals surface area contributed by atoms with Crippen molar-refractivity contribution >= 4 is 11.0 Å². The van der Waals surface area contributed by atoms with Crippen LogP contribution in [0.1, 0.15) is 29.8 Å². The highest BCUT2D eigenvalue weighted by atomic mass is 16.6. The smallest absolute Gasteiger partial charge is 0.254 e. The number of fused-ring (bicyclic) bond motifs is 2. The van der Waals surface area contributed by atoms with Gasteiger partial charge in [0.1, 0.15) is 18.9 Å². The van der Waals surface area contributed by atoms with Gasteiger partial charge in [0, 0.05) is 23.5 Å². The monoisotopic (exact) mass is 416 g/mol. The zero-order valence-corrected chi connectivity index (χ0v) is 17.5. The van der Waals surface area contributed by atoms with Gasteiger partial charge < -0.3 is 19.8 Å². The van der Waals surface area contributed by atoms with Crippen LogP contribution in [-0.2, 0) is 6.54 Å². The van der Waals surface area contributed by atoms with Crippen molar-refractivity contribution in [1.82, 2.24) is 20.1 Å². The normalized spacial score (nSPS) is 14.0. The van der Waals surface area contributed by atoms with Crippen molar-refractivity contribution in [2.45, 2.75) is 26.4 Å². The lowest BCUT2D eigenvalue weighted by Gasteiger charge is -2.21. The van der Waals surface area contributed by atoms with E-state index < -0.39 is 0 Å². The second-order valence-corrected chi connectivity index (χ2v) is 7.72. The molecule has 7 heteroatoms. The molecule has 1 aliphatic heterocycles. The number of hydrogen-bond acceptors (Lipinski definition) is 5. The number of aromatic nitrogens is 3.